The van der Waals surface area contributed by atoms with Gasteiger partial charge in [-0.1, -0.05) is 46.8 Å². The summed E-state index contributed by atoms with van der Waals surface area (Å²) in [5.41, 5.74) is 0.664. The molecule has 1 aliphatic rings. The first kappa shape index (κ1) is 13.3. The van der Waals surface area contributed by atoms with Crippen LogP contribution in [0.4, 0.5) is 8.78 Å². The Bertz CT molecular complexity index is 403. The fourth-order valence-electron chi connectivity index (χ4n) is 2.43. The first-order valence-electron chi connectivity index (χ1n) is 5.88. The fourth-order valence-corrected chi connectivity index (χ4v) is 3.74. The highest BCUT2D eigenvalue weighted by molar-refractivity contribution is 9.09. The summed E-state index contributed by atoms with van der Waals surface area (Å²) in [5, 5.41) is 0.302. The third kappa shape index (κ3) is 3.00. The predicted molar refractivity (Wildman–Crippen MR) is 69.6 cm³/mol. The zero-order chi connectivity index (χ0) is 12.4. The number of hydrogen-bond donors (Lipinski definition) is 0. The minimum absolute atomic E-state index is 0.0189. The van der Waals surface area contributed by atoms with Crippen LogP contribution in [0.1, 0.15) is 42.5 Å². The molecule has 0 spiro atoms. The van der Waals surface area contributed by atoms with Crippen LogP contribution < -0.4 is 0 Å². The van der Waals surface area contributed by atoms with Crippen LogP contribution in [0.25, 0.3) is 0 Å². The second-order valence-corrected chi connectivity index (χ2v) is 5.98. The van der Waals surface area contributed by atoms with Gasteiger partial charge in [0.05, 0.1) is 0 Å². The van der Waals surface area contributed by atoms with Crippen LogP contribution in [0.5, 0.6) is 0 Å². The van der Waals surface area contributed by atoms with Crippen LogP contribution in [-0.4, -0.2) is 0 Å². The predicted octanol–water partition coefficient (Wildman–Crippen LogP) is 5.63. The van der Waals surface area contributed by atoms with E-state index in [1.807, 2.05) is 0 Å². The lowest BCUT2D eigenvalue weighted by molar-refractivity contribution is 0.354. The number of rotatable bonds is 2. The summed E-state index contributed by atoms with van der Waals surface area (Å²) >= 11 is 9.56. The van der Waals surface area contributed by atoms with Crippen molar-refractivity contribution in [3.05, 3.63) is 34.4 Å². The van der Waals surface area contributed by atoms with Crippen molar-refractivity contribution < 1.29 is 8.78 Å². The molecule has 0 saturated heterocycles. The van der Waals surface area contributed by atoms with Crippen LogP contribution in [0.15, 0.2) is 12.1 Å². The highest BCUT2D eigenvalue weighted by Crippen LogP contribution is 2.42. The summed E-state index contributed by atoms with van der Waals surface area (Å²) in [6.45, 7) is 0. The molecule has 1 atom stereocenters. The first-order chi connectivity index (χ1) is 8.09. The minimum Gasteiger partial charge on any atom is -0.204 e. The molecule has 0 nitrogen and oxygen atoms in total. The van der Waals surface area contributed by atoms with Crippen molar-refractivity contribution in [1.29, 1.82) is 0 Å². The zero-order valence-corrected chi connectivity index (χ0v) is 11.7. The van der Waals surface area contributed by atoms with Gasteiger partial charge in [0.2, 0.25) is 0 Å². The SMILES string of the molecule is Fc1cc(Cl)c(C(Br)C2CCCCC2)cc1F. The van der Waals surface area contributed by atoms with E-state index in [1.54, 1.807) is 0 Å². The van der Waals surface area contributed by atoms with Crippen molar-refractivity contribution in [3.63, 3.8) is 0 Å². The van der Waals surface area contributed by atoms with Crippen molar-refractivity contribution >= 4 is 27.5 Å². The molecule has 0 bridgehead atoms. The normalized spacial score (nSPS) is 19.3. The van der Waals surface area contributed by atoms with Gasteiger partial charge in [0.15, 0.2) is 11.6 Å². The molecule has 2 rings (SSSR count). The van der Waals surface area contributed by atoms with Gasteiger partial charge in [0.25, 0.3) is 0 Å². The Morgan fingerprint density at radius 3 is 2.35 bits per heavy atom. The first-order valence-corrected chi connectivity index (χ1v) is 7.17. The molecule has 0 aliphatic heterocycles. The molecule has 1 unspecified atom stereocenters. The zero-order valence-electron chi connectivity index (χ0n) is 9.36. The maximum Gasteiger partial charge on any atom is 0.160 e. The van der Waals surface area contributed by atoms with Gasteiger partial charge in [-0.05, 0) is 36.5 Å². The molecule has 0 radical (unpaired) electrons. The average molecular weight is 324 g/mol. The van der Waals surface area contributed by atoms with E-state index in [0.29, 0.717) is 16.5 Å². The van der Waals surface area contributed by atoms with E-state index in [9.17, 15) is 8.78 Å². The van der Waals surface area contributed by atoms with E-state index in [4.69, 9.17) is 11.6 Å². The quantitative estimate of drug-likeness (QED) is 0.488. The lowest BCUT2D eigenvalue weighted by Gasteiger charge is -2.27. The lowest BCUT2D eigenvalue weighted by atomic mass is 9.85. The molecule has 0 aromatic heterocycles. The van der Waals surface area contributed by atoms with Gasteiger partial charge in [-0.2, -0.15) is 0 Å². The maximum absolute atomic E-state index is 13.2. The Morgan fingerprint density at radius 1 is 1.12 bits per heavy atom. The van der Waals surface area contributed by atoms with E-state index in [1.165, 1.54) is 25.3 Å². The Morgan fingerprint density at radius 2 is 1.71 bits per heavy atom. The molecule has 94 valence electrons. The van der Waals surface area contributed by atoms with E-state index >= 15 is 0 Å². The summed E-state index contributed by atoms with van der Waals surface area (Å²) in [4.78, 5) is 0.0189. The van der Waals surface area contributed by atoms with E-state index in [2.05, 4.69) is 15.9 Å². The van der Waals surface area contributed by atoms with Crippen molar-refractivity contribution in [3.8, 4) is 0 Å². The molecule has 17 heavy (non-hydrogen) atoms. The molecule has 4 heteroatoms. The lowest BCUT2D eigenvalue weighted by Crippen LogP contribution is -2.12. The Balaban J connectivity index is 2.23. The maximum atomic E-state index is 13.2. The van der Waals surface area contributed by atoms with Crippen molar-refractivity contribution in [2.75, 3.05) is 0 Å². The number of halogens is 4. The standard InChI is InChI=1S/C13H14BrClF2/c14-13(8-4-2-1-3-5-8)9-6-11(16)12(17)7-10(9)15/h6-8,13H,1-5H2. The van der Waals surface area contributed by atoms with Gasteiger partial charge < -0.3 is 0 Å². The van der Waals surface area contributed by atoms with Gasteiger partial charge >= 0.3 is 0 Å². The van der Waals surface area contributed by atoms with E-state index in [-0.39, 0.29) is 4.83 Å². The average Bonchev–Trinajstić information content (AvgIpc) is 2.34. The topological polar surface area (TPSA) is 0 Å². The van der Waals surface area contributed by atoms with Gasteiger partial charge in [0, 0.05) is 9.85 Å². The molecular weight excluding hydrogens is 309 g/mol. The molecule has 0 amide bonds. The molecule has 0 N–H and O–H groups in total. The Kier molecular flexibility index (Phi) is 4.42. The van der Waals surface area contributed by atoms with E-state index < -0.39 is 11.6 Å². The second-order valence-electron chi connectivity index (χ2n) is 4.59. The smallest absolute Gasteiger partial charge is 0.160 e. The molecule has 1 saturated carbocycles. The third-order valence-electron chi connectivity index (χ3n) is 3.40. The summed E-state index contributed by atoms with van der Waals surface area (Å²) in [7, 11) is 0. The Hall–Kier alpha value is -0.150. The summed E-state index contributed by atoms with van der Waals surface area (Å²) in [5.74, 6) is -1.25. The number of alkyl halides is 1. The van der Waals surface area contributed by atoms with Gasteiger partial charge in [-0.25, -0.2) is 8.78 Å². The highest BCUT2D eigenvalue weighted by Gasteiger charge is 2.25. The summed E-state index contributed by atoms with van der Waals surface area (Å²) < 4.78 is 26.2. The van der Waals surface area contributed by atoms with Gasteiger partial charge in [-0.15, -0.1) is 0 Å². The highest BCUT2D eigenvalue weighted by atomic mass is 79.9. The number of benzene rings is 1. The van der Waals surface area contributed by atoms with Crippen LogP contribution in [0.2, 0.25) is 5.02 Å². The fraction of sp³-hybridized carbons (Fsp3) is 0.538. The van der Waals surface area contributed by atoms with Crippen molar-refractivity contribution in [1.82, 2.24) is 0 Å². The molecule has 1 aromatic carbocycles. The van der Waals surface area contributed by atoms with Crippen LogP contribution in [0, 0.1) is 17.6 Å². The van der Waals surface area contributed by atoms with Crippen LogP contribution >= 0.6 is 27.5 Å². The largest absolute Gasteiger partial charge is 0.204 e. The molecule has 1 aromatic rings. The van der Waals surface area contributed by atoms with E-state index in [0.717, 1.165) is 18.9 Å². The summed E-state index contributed by atoms with van der Waals surface area (Å²) in [6, 6.07) is 2.27. The van der Waals surface area contributed by atoms with Crippen molar-refractivity contribution in [2.45, 2.75) is 36.9 Å². The molecular formula is C13H14BrClF2. The van der Waals surface area contributed by atoms with Crippen molar-refractivity contribution in [2.24, 2.45) is 5.92 Å². The molecule has 1 aliphatic carbocycles. The van der Waals surface area contributed by atoms with Gasteiger partial charge in [-0.3, -0.25) is 0 Å². The molecule has 0 heterocycles. The Labute approximate surface area is 113 Å². The van der Waals surface area contributed by atoms with Crippen LogP contribution in [-0.2, 0) is 0 Å². The number of hydrogen-bond acceptors (Lipinski definition) is 0. The van der Waals surface area contributed by atoms with Gasteiger partial charge in [0.1, 0.15) is 0 Å². The second kappa shape index (κ2) is 5.66. The minimum atomic E-state index is -0.887. The third-order valence-corrected chi connectivity index (χ3v) is 4.97. The van der Waals surface area contributed by atoms with Crippen LogP contribution in [0.3, 0.4) is 0 Å². The monoisotopic (exact) mass is 322 g/mol. The summed E-state index contributed by atoms with van der Waals surface area (Å²) in [6.07, 6.45) is 5.90. The molecule has 1 fully saturated rings.